The number of nitrogens with one attached hydrogen (secondary N) is 1. The zero-order valence-electron chi connectivity index (χ0n) is 9.94. The van der Waals surface area contributed by atoms with Gasteiger partial charge in [-0.2, -0.15) is 0 Å². The number of hydrogen-bond acceptors (Lipinski definition) is 3. The number of carbonyl (C=O) groups excluding carboxylic acids is 1. The van der Waals surface area contributed by atoms with E-state index in [9.17, 15) is 9.18 Å². The summed E-state index contributed by atoms with van der Waals surface area (Å²) >= 11 is 1.31. The highest BCUT2D eigenvalue weighted by Gasteiger charge is 2.11. The Bertz CT molecular complexity index is 553. The maximum Gasteiger partial charge on any atom is 0.263 e. The summed E-state index contributed by atoms with van der Waals surface area (Å²) in [5.41, 5.74) is 2.98. The van der Waals surface area contributed by atoms with E-state index in [1.165, 1.54) is 17.4 Å². The molecule has 0 saturated heterocycles. The second kappa shape index (κ2) is 5.73. The van der Waals surface area contributed by atoms with Gasteiger partial charge in [-0.3, -0.25) is 4.79 Å². The van der Waals surface area contributed by atoms with Gasteiger partial charge in [-0.05, 0) is 25.0 Å². The molecule has 0 bridgehead atoms. The second-order valence-electron chi connectivity index (χ2n) is 3.86. The minimum absolute atomic E-state index is 0.147. The molecule has 0 aliphatic carbocycles. The van der Waals surface area contributed by atoms with Crippen LogP contribution >= 0.6 is 11.3 Å². The summed E-state index contributed by atoms with van der Waals surface area (Å²) in [6.07, 6.45) is 0.482. The highest BCUT2D eigenvalue weighted by Crippen LogP contribution is 2.11. The van der Waals surface area contributed by atoms with Crippen LogP contribution in [0.3, 0.4) is 0 Å². The van der Waals surface area contributed by atoms with Crippen molar-refractivity contribution in [2.75, 3.05) is 6.54 Å². The van der Waals surface area contributed by atoms with Crippen LogP contribution in [0.25, 0.3) is 0 Å². The molecule has 1 aromatic heterocycles. The van der Waals surface area contributed by atoms with Crippen LogP contribution < -0.4 is 5.32 Å². The van der Waals surface area contributed by atoms with E-state index in [0.717, 1.165) is 5.69 Å². The molecule has 1 N–H and O–H groups in total. The molecule has 0 aliphatic heterocycles. The third kappa shape index (κ3) is 2.92. The van der Waals surface area contributed by atoms with Crippen LogP contribution in [0.2, 0.25) is 0 Å². The number of aryl methyl sites for hydroxylation is 1. The van der Waals surface area contributed by atoms with Crippen LogP contribution in [0.15, 0.2) is 29.8 Å². The summed E-state index contributed by atoms with van der Waals surface area (Å²) in [4.78, 5) is 16.4. The number of halogens is 1. The van der Waals surface area contributed by atoms with Gasteiger partial charge in [0, 0.05) is 6.54 Å². The molecule has 0 spiro atoms. The Morgan fingerprint density at radius 3 is 2.89 bits per heavy atom. The predicted molar refractivity (Wildman–Crippen MR) is 69.3 cm³/mol. The fraction of sp³-hybridized carbons (Fsp3) is 0.231. The van der Waals surface area contributed by atoms with Gasteiger partial charge < -0.3 is 5.32 Å². The van der Waals surface area contributed by atoms with E-state index in [4.69, 9.17) is 0 Å². The van der Waals surface area contributed by atoms with E-state index < -0.39 is 0 Å². The molecule has 1 amide bonds. The lowest BCUT2D eigenvalue weighted by Crippen LogP contribution is -2.25. The SMILES string of the molecule is Cc1ncsc1C(=O)NCCc1ccccc1F. The van der Waals surface area contributed by atoms with Crippen LogP contribution in [-0.2, 0) is 6.42 Å². The Balaban J connectivity index is 1.88. The molecule has 0 radical (unpaired) electrons. The average Bonchev–Trinajstić information content (AvgIpc) is 2.78. The molecule has 0 fully saturated rings. The van der Waals surface area contributed by atoms with Crippen molar-refractivity contribution < 1.29 is 9.18 Å². The second-order valence-corrected chi connectivity index (χ2v) is 4.72. The summed E-state index contributed by atoms with van der Waals surface area (Å²) in [5, 5.41) is 2.77. The smallest absolute Gasteiger partial charge is 0.263 e. The van der Waals surface area contributed by atoms with E-state index in [0.29, 0.717) is 23.4 Å². The maximum atomic E-state index is 13.3. The number of carbonyl (C=O) groups is 1. The molecule has 1 heterocycles. The molecular formula is C13H13FN2OS. The van der Waals surface area contributed by atoms with Crippen molar-refractivity contribution in [1.82, 2.24) is 10.3 Å². The summed E-state index contributed by atoms with van der Waals surface area (Å²) < 4.78 is 13.3. The topological polar surface area (TPSA) is 42.0 Å². The number of hydrogen-bond donors (Lipinski definition) is 1. The average molecular weight is 264 g/mol. The van der Waals surface area contributed by atoms with Gasteiger partial charge in [0.2, 0.25) is 0 Å². The van der Waals surface area contributed by atoms with Gasteiger partial charge in [0.1, 0.15) is 10.7 Å². The molecular weight excluding hydrogens is 251 g/mol. The van der Waals surface area contributed by atoms with Crippen molar-refractivity contribution in [2.24, 2.45) is 0 Å². The summed E-state index contributed by atoms with van der Waals surface area (Å²) in [5.74, 6) is -0.382. The van der Waals surface area contributed by atoms with E-state index in [1.807, 2.05) is 0 Å². The molecule has 0 aliphatic rings. The van der Waals surface area contributed by atoms with Gasteiger partial charge in [0.25, 0.3) is 5.91 Å². The Kier molecular flexibility index (Phi) is 4.04. The van der Waals surface area contributed by atoms with Gasteiger partial charge in [0.15, 0.2) is 0 Å². The number of aromatic nitrogens is 1. The molecule has 0 unspecified atom stereocenters. The number of nitrogens with zero attached hydrogens (tertiary/aromatic N) is 1. The van der Waals surface area contributed by atoms with Crippen LogP contribution in [0.5, 0.6) is 0 Å². The molecule has 94 valence electrons. The largest absolute Gasteiger partial charge is 0.351 e. The minimum Gasteiger partial charge on any atom is -0.351 e. The molecule has 1 aromatic carbocycles. The summed E-state index contributed by atoms with van der Waals surface area (Å²) in [7, 11) is 0. The van der Waals surface area contributed by atoms with Crippen LogP contribution in [0, 0.1) is 12.7 Å². The summed E-state index contributed by atoms with van der Waals surface area (Å²) in [6, 6.07) is 6.58. The number of rotatable bonds is 4. The lowest BCUT2D eigenvalue weighted by molar-refractivity contribution is 0.0957. The lowest BCUT2D eigenvalue weighted by atomic mass is 10.1. The van der Waals surface area contributed by atoms with Crippen molar-refractivity contribution in [3.05, 3.63) is 51.7 Å². The fourth-order valence-corrected chi connectivity index (χ4v) is 2.33. The molecule has 2 aromatic rings. The fourth-order valence-electron chi connectivity index (χ4n) is 1.61. The van der Waals surface area contributed by atoms with Gasteiger partial charge >= 0.3 is 0 Å². The van der Waals surface area contributed by atoms with Gasteiger partial charge in [0.05, 0.1) is 11.2 Å². The van der Waals surface area contributed by atoms with Crippen LogP contribution in [0.1, 0.15) is 20.9 Å². The minimum atomic E-state index is -0.235. The Morgan fingerprint density at radius 1 is 1.44 bits per heavy atom. The first-order valence-corrected chi connectivity index (χ1v) is 6.48. The van der Waals surface area contributed by atoms with Crippen molar-refractivity contribution in [3.8, 4) is 0 Å². The molecule has 0 atom stereocenters. The Morgan fingerprint density at radius 2 is 2.22 bits per heavy atom. The van der Waals surface area contributed by atoms with Crippen molar-refractivity contribution in [3.63, 3.8) is 0 Å². The van der Waals surface area contributed by atoms with E-state index >= 15 is 0 Å². The highest BCUT2D eigenvalue weighted by atomic mass is 32.1. The third-order valence-corrected chi connectivity index (χ3v) is 3.52. The first kappa shape index (κ1) is 12.7. The molecule has 5 heteroatoms. The van der Waals surface area contributed by atoms with Crippen molar-refractivity contribution >= 4 is 17.2 Å². The highest BCUT2D eigenvalue weighted by molar-refractivity contribution is 7.11. The zero-order valence-corrected chi connectivity index (χ0v) is 10.8. The van der Waals surface area contributed by atoms with E-state index in [1.54, 1.807) is 30.6 Å². The van der Waals surface area contributed by atoms with E-state index in [2.05, 4.69) is 10.3 Å². The predicted octanol–water partition coefficient (Wildman–Crippen LogP) is 2.56. The third-order valence-electron chi connectivity index (χ3n) is 2.59. The first-order valence-electron chi connectivity index (χ1n) is 5.60. The van der Waals surface area contributed by atoms with Crippen LogP contribution in [-0.4, -0.2) is 17.4 Å². The number of thiazole rings is 1. The van der Waals surface area contributed by atoms with Crippen LogP contribution in [0.4, 0.5) is 4.39 Å². The van der Waals surface area contributed by atoms with Crippen molar-refractivity contribution in [2.45, 2.75) is 13.3 Å². The number of benzene rings is 1. The molecule has 18 heavy (non-hydrogen) atoms. The van der Waals surface area contributed by atoms with Crippen molar-refractivity contribution in [1.29, 1.82) is 0 Å². The first-order chi connectivity index (χ1) is 8.68. The lowest BCUT2D eigenvalue weighted by Gasteiger charge is -2.05. The zero-order chi connectivity index (χ0) is 13.0. The Hall–Kier alpha value is -1.75. The quantitative estimate of drug-likeness (QED) is 0.922. The molecule has 2 rings (SSSR count). The Labute approximate surface area is 109 Å². The normalized spacial score (nSPS) is 10.3. The van der Waals surface area contributed by atoms with Gasteiger partial charge in [-0.15, -0.1) is 11.3 Å². The van der Waals surface area contributed by atoms with E-state index in [-0.39, 0.29) is 11.7 Å². The standard InChI is InChI=1S/C13H13FN2OS/c1-9-12(18-8-16-9)13(17)15-7-6-10-4-2-3-5-11(10)14/h2-5,8H,6-7H2,1H3,(H,15,17). The van der Waals surface area contributed by atoms with Gasteiger partial charge in [-0.25, -0.2) is 9.37 Å². The molecule has 0 saturated carbocycles. The summed E-state index contributed by atoms with van der Waals surface area (Å²) in [6.45, 7) is 2.21. The monoisotopic (exact) mass is 264 g/mol. The number of amides is 1. The maximum absolute atomic E-state index is 13.3. The van der Waals surface area contributed by atoms with Gasteiger partial charge in [-0.1, -0.05) is 18.2 Å². The molecule has 3 nitrogen and oxygen atoms in total.